The van der Waals surface area contributed by atoms with Crippen molar-refractivity contribution < 1.29 is 8.42 Å². The summed E-state index contributed by atoms with van der Waals surface area (Å²) in [5, 5.41) is 0. The second-order valence-corrected chi connectivity index (χ2v) is 5.32. The van der Waals surface area contributed by atoms with Crippen molar-refractivity contribution in [1.82, 2.24) is 4.98 Å². The van der Waals surface area contributed by atoms with Crippen molar-refractivity contribution in [3.8, 4) is 0 Å². The van der Waals surface area contributed by atoms with E-state index in [1.165, 1.54) is 4.31 Å². The lowest BCUT2D eigenvalue weighted by Crippen LogP contribution is -2.37. The maximum Gasteiger partial charge on any atom is 0.235 e. The molecule has 76 valence electrons. The van der Waals surface area contributed by atoms with Crippen LogP contribution in [-0.2, 0) is 10.0 Å². The van der Waals surface area contributed by atoms with Gasteiger partial charge in [0, 0.05) is 12.7 Å². The minimum atomic E-state index is -3.08. The molecule has 5 heteroatoms. The standard InChI is InChI=1S/C9H12N2O2S/c12-14(13)7-2-1-6-11(14)9-4-3-5-10-8-9/h3-5,8H,1-2,6-7H2. The van der Waals surface area contributed by atoms with Crippen molar-refractivity contribution in [2.24, 2.45) is 0 Å². The number of rotatable bonds is 1. The first-order valence-electron chi connectivity index (χ1n) is 4.60. The lowest BCUT2D eigenvalue weighted by Gasteiger charge is -2.27. The molecule has 0 aliphatic carbocycles. The Morgan fingerprint density at radius 1 is 1.36 bits per heavy atom. The molecule has 14 heavy (non-hydrogen) atoms. The van der Waals surface area contributed by atoms with Gasteiger partial charge in [-0.1, -0.05) is 0 Å². The minimum Gasteiger partial charge on any atom is -0.269 e. The van der Waals surface area contributed by atoms with Crippen LogP contribution < -0.4 is 4.31 Å². The number of anilines is 1. The number of pyridine rings is 1. The molecule has 1 aliphatic heterocycles. The molecule has 1 saturated heterocycles. The summed E-state index contributed by atoms with van der Waals surface area (Å²) in [5.41, 5.74) is 0.673. The molecule has 2 heterocycles. The molecule has 0 N–H and O–H groups in total. The van der Waals surface area contributed by atoms with Crippen molar-refractivity contribution in [1.29, 1.82) is 0 Å². The molecule has 0 unspecified atom stereocenters. The highest BCUT2D eigenvalue weighted by molar-refractivity contribution is 7.92. The van der Waals surface area contributed by atoms with Crippen LogP contribution in [0, 0.1) is 0 Å². The topological polar surface area (TPSA) is 50.3 Å². The van der Waals surface area contributed by atoms with E-state index in [1.807, 2.05) is 0 Å². The molecule has 1 fully saturated rings. The lowest BCUT2D eigenvalue weighted by molar-refractivity contribution is 0.574. The first-order valence-corrected chi connectivity index (χ1v) is 6.21. The van der Waals surface area contributed by atoms with Gasteiger partial charge in [-0.3, -0.25) is 9.29 Å². The number of aromatic nitrogens is 1. The summed E-state index contributed by atoms with van der Waals surface area (Å²) in [5.74, 6) is 0.252. The highest BCUT2D eigenvalue weighted by atomic mass is 32.2. The van der Waals surface area contributed by atoms with Crippen LogP contribution in [0.4, 0.5) is 5.69 Å². The molecule has 0 bridgehead atoms. The van der Waals surface area contributed by atoms with Gasteiger partial charge in [-0.05, 0) is 25.0 Å². The third kappa shape index (κ3) is 1.72. The van der Waals surface area contributed by atoms with Gasteiger partial charge in [0.05, 0.1) is 17.6 Å². The van der Waals surface area contributed by atoms with Gasteiger partial charge in [-0.25, -0.2) is 8.42 Å². The van der Waals surface area contributed by atoms with Crippen LogP contribution in [0.2, 0.25) is 0 Å². The molecule has 0 spiro atoms. The fraction of sp³-hybridized carbons (Fsp3) is 0.444. The normalized spacial score (nSPS) is 20.7. The van der Waals surface area contributed by atoms with Crippen LogP contribution in [0.25, 0.3) is 0 Å². The molecular weight excluding hydrogens is 200 g/mol. The van der Waals surface area contributed by atoms with Gasteiger partial charge in [0.1, 0.15) is 0 Å². The Morgan fingerprint density at radius 2 is 2.21 bits per heavy atom. The van der Waals surface area contributed by atoms with E-state index in [1.54, 1.807) is 24.5 Å². The Labute approximate surface area is 83.6 Å². The van der Waals surface area contributed by atoms with E-state index < -0.39 is 10.0 Å². The highest BCUT2D eigenvalue weighted by Gasteiger charge is 2.25. The Bertz CT molecular complexity index is 402. The van der Waals surface area contributed by atoms with Crippen molar-refractivity contribution >= 4 is 15.7 Å². The van der Waals surface area contributed by atoms with Crippen LogP contribution in [0.15, 0.2) is 24.5 Å². The van der Waals surface area contributed by atoms with Crippen LogP contribution in [-0.4, -0.2) is 25.7 Å². The maximum absolute atomic E-state index is 11.7. The Morgan fingerprint density at radius 3 is 2.86 bits per heavy atom. The van der Waals surface area contributed by atoms with Gasteiger partial charge in [0.15, 0.2) is 0 Å². The summed E-state index contributed by atoms with van der Waals surface area (Å²) in [6.45, 7) is 0.577. The van der Waals surface area contributed by atoms with Crippen LogP contribution in [0.5, 0.6) is 0 Å². The third-order valence-electron chi connectivity index (χ3n) is 2.28. The number of sulfonamides is 1. The van der Waals surface area contributed by atoms with Crippen molar-refractivity contribution in [3.05, 3.63) is 24.5 Å². The second kappa shape index (κ2) is 3.57. The number of nitrogens with zero attached hydrogens (tertiary/aromatic N) is 2. The number of hydrogen-bond donors (Lipinski definition) is 0. The average molecular weight is 212 g/mol. The smallest absolute Gasteiger partial charge is 0.235 e. The Balaban J connectivity index is 2.34. The zero-order valence-corrected chi connectivity index (χ0v) is 8.57. The maximum atomic E-state index is 11.7. The zero-order chi connectivity index (χ0) is 10.0. The van der Waals surface area contributed by atoms with E-state index in [9.17, 15) is 8.42 Å². The molecule has 0 aromatic carbocycles. The highest BCUT2D eigenvalue weighted by Crippen LogP contribution is 2.21. The van der Waals surface area contributed by atoms with Crippen LogP contribution in [0.3, 0.4) is 0 Å². The van der Waals surface area contributed by atoms with Gasteiger partial charge in [0.2, 0.25) is 10.0 Å². The average Bonchev–Trinajstić information content (AvgIpc) is 2.18. The molecule has 4 nitrogen and oxygen atoms in total. The first-order chi connectivity index (χ1) is 6.70. The second-order valence-electron chi connectivity index (χ2n) is 3.31. The van der Waals surface area contributed by atoms with Crippen LogP contribution >= 0.6 is 0 Å². The molecule has 1 aromatic rings. The SMILES string of the molecule is O=S1(=O)CCCCN1c1cccnc1. The van der Waals surface area contributed by atoms with E-state index in [4.69, 9.17) is 0 Å². The molecule has 1 aliphatic rings. The van der Waals surface area contributed by atoms with Gasteiger partial charge in [-0.2, -0.15) is 0 Å². The predicted octanol–water partition coefficient (Wildman–Crippen LogP) is 1.01. The number of hydrogen-bond acceptors (Lipinski definition) is 3. The fourth-order valence-corrected chi connectivity index (χ4v) is 3.21. The van der Waals surface area contributed by atoms with Gasteiger partial charge >= 0.3 is 0 Å². The summed E-state index contributed by atoms with van der Waals surface area (Å²) >= 11 is 0. The fourth-order valence-electron chi connectivity index (χ4n) is 1.58. The van der Waals surface area contributed by atoms with E-state index in [2.05, 4.69) is 4.98 Å². The van der Waals surface area contributed by atoms with Gasteiger partial charge < -0.3 is 0 Å². The van der Waals surface area contributed by atoms with Crippen LogP contribution in [0.1, 0.15) is 12.8 Å². The Kier molecular flexibility index (Phi) is 2.41. The van der Waals surface area contributed by atoms with Gasteiger partial charge in [-0.15, -0.1) is 0 Å². The summed E-state index contributed by atoms with van der Waals surface area (Å²) in [6, 6.07) is 3.52. The molecule has 0 saturated carbocycles. The first kappa shape index (κ1) is 9.45. The van der Waals surface area contributed by atoms with Crippen molar-refractivity contribution in [2.75, 3.05) is 16.6 Å². The molecule has 2 rings (SSSR count). The third-order valence-corrected chi connectivity index (χ3v) is 4.15. The monoisotopic (exact) mass is 212 g/mol. The Hall–Kier alpha value is -1.10. The molecule has 0 atom stereocenters. The van der Waals surface area contributed by atoms with E-state index in [-0.39, 0.29) is 5.75 Å². The van der Waals surface area contributed by atoms with Crippen molar-refractivity contribution in [2.45, 2.75) is 12.8 Å². The minimum absolute atomic E-state index is 0.252. The van der Waals surface area contributed by atoms with E-state index in [0.717, 1.165) is 12.8 Å². The van der Waals surface area contributed by atoms with Gasteiger partial charge in [0.25, 0.3) is 0 Å². The molecule has 0 radical (unpaired) electrons. The molecule has 1 aromatic heterocycles. The predicted molar refractivity (Wildman–Crippen MR) is 54.6 cm³/mol. The lowest BCUT2D eigenvalue weighted by atomic mass is 10.3. The summed E-state index contributed by atoms with van der Waals surface area (Å²) < 4.78 is 24.8. The summed E-state index contributed by atoms with van der Waals surface area (Å²) in [4.78, 5) is 3.92. The molecule has 0 amide bonds. The zero-order valence-electron chi connectivity index (χ0n) is 7.76. The van der Waals surface area contributed by atoms with E-state index in [0.29, 0.717) is 12.2 Å². The quantitative estimate of drug-likeness (QED) is 0.698. The van der Waals surface area contributed by atoms with Crippen molar-refractivity contribution in [3.63, 3.8) is 0 Å². The molecular formula is C9H12N2O2S. The van der Waals surface area contributed by atoms with E-state index >= 15 is 0 Å². The summed E-state index contributed by atoms with van der Waals surface area (Å²) in [7, 11) is -3.08. The largest absolute Gasteiger partial charge is 0.269 e. The summed E-state index contributed by atoms with van der Waals surface area (Å²) in [6.07, 6.45) is 4.91.